The molecule has 0 unspecified atom stereocenters. The minimum absolute atomic E-state index is 0.214. The SMILES string of the molecule is Cc1cccc(C)c1S(=O)(=O)Nc1cccc(NS(=O)(=O)c2c(C)cccc2C)c1. The average Bonchev–Trinajstić information content (AvgIpc) is 2.60. The molecular weight excluding hydrogens is 420 g/mol. The Morgan fingerprint density at radius 2 is 0.833 bits per heavy atom. The molecule has 0 saturated heterocycles. The van der Waals surface area contributed by atoms with Crippen molar-refractivity contribution >= 4 is 31.4 Å². The molecule has 0 spiro atoms. The van der Waals surface area contributed by atoms with Gasteiger partial charge in [-0.25, -0.2) is 16.8 Å². The zero-order valence-electron chi connectivity index (χ0n) is 17.2. The molecule has 0 amide bonds. The van der Waals surface area contributed by atoms with Gasteiger partial charge in [-0.3, -0.25) is 9.44 Å². The second kappa shape index (κ2) is 8.12. The lowest BCUT2D eigenvalue weighted by Gasteiger charge is -2.15. The van der Waals surface area contributed by atoms with E-state index in [2.05, 4.69) is 9.44 Å². The number of benzene rings is 3. The van der Waals surface area contributed by atoms with Crippen LogP contribution in [0.2, 0.25) is 0 Å². The van der Waals surface area contributed by atoms with Gasteiger partial charge in [0.25, 0.3) is 20.0 Å². The lowest BCUT2D eigenvalue weighted by atomic mass is 10.2. The summed E-state index contributed by atoms with van der Waals surface area (Å²) in [7, 11) is -7.66. The summed E-state index contributed by atoms with van der Waals surface area (Å²) >= 11 is 0. The van der Waals surface area contributed by atoms with Gasteiger partial charge in [-0.1, -0.05) is 42.5 Å². The fourth-order valence-corrected chi connectivity index (χ4v) is 6.55. The van der Waals surface area contributed by atoms with Gasteiger partial charge in [0.2, 0.25) is 0 Å². The Balaban J connectivity index is 1.92. The predicted octanol–water partition coefficient (Wildman–Crippen LogP) is 4.52. The molecule has 6 nitrogen and oxygen atoms in total. The fraction of sp³-hybridized carbons (Fsp3) is 0.182. The molecule has 3 aromatic rings. The van der Waals surface area contributed by atoms with Crippen LogP contribution in [0, 0.1) is 27.7 Å². The van der Waals surface area contributed by atoms with E-state index in [4.69, 9.17) is 0 Å². The summed E-state index contributed by atoms with van der Waals surface area (Å²) in [5.41, 5.74) is 3.06. The Labute approximate surface area is 178 Å². The summed E-state index contributed by atoms with van der Waals surface area (Å²) < 4.78 is 56.7. The second-order valence-corrected chi connectivity index (χ2v) is 10.5. The van der Waals surface area contributed by atoms with Crippen molar-refractivity contribution in [2.75, 3.05) is 9.44 Å². The molecule has 3 aromatic carbocycles. The van der Waals surface area contributed by atoms with Crippen LogP contribution < -0.4 is 9.44 Å². The van der Waals surface area contributed by atoms with Gasteiger partial charge in [-0.05, 0) is 68.1 Å². The van der Waals surface area contributed by atoms with E-state index < -0.39 is 20.0 Å². The van der Waals surface area contributed by atoms with E-state index in [1.807, 2.05) is 0 Å². The molecule has 158 valence electrons. The molecule has 2 N–H and O–H groups in total. The number of sulfonamides is 2. The van der Waals surface area contributed by atoms with Crippen LogP contribution in [0.3, 0.4) is 0 Å². The molecule has 0 fully saturated rings. The van der Waals surface area contributed by atoms with Gasteiger partial charge in [0.05, 0.1) is 21.2 Å². The molecule has 0 aromatic heterocycles. The summed E-state index contributed by atoms with van der Waals surface area (Å²) in [4.78, 5) is 0.429. The van der Waals surface area contributed by atoms with Crippen LogP contribution in [0.25, 0.3) is 0 Å². The van der Waals surface area contributed by atoms with Crippen molar-refractivity contribution in [3.63, 3.8) is 0 Å². The quantitative estimate of drug-likeness (QED) is 0.585. The molecule has 0 aliphatic carbocycles. The molecular formula is C22H24N2O4S2. The maximum atomic E-state index is 12.9. The van der Waals surface area contributed by atoms with Crippen LogP contribution in [0.5, 0.6) is 0 Å². The average molecular weight is 445 g/mol. The number of aryl methyl sites for hydroxylation is 4. The highest BCUT2D eigenvalue weighted by atomic mass is 32.2. The summed E-state index contributed by atoms with van der Waals surface area (Å²) in [6, 6.07) is 16.7. The Kier molecular flexibility index (Phi) is 5.92. The fourth-order valence-electron chi connectivity index (χ4n) is 3.50. The van der Waals surface area contributed by atoms with E-state index in [0.29, 0.717) is 22.3 Å². The summed E-state index contributed by atoms with van der Waals surface area (Å²) in [6.07, 6.45) is 0. The van der Waals surface area contributed by atoms with E-state index in [0.717, 1.165) is 0 Å². The summed E-state index contributed by atoms with van der Waals surface area (Å²) in [6.45, 7) is 6.93. The van der Waals surface area contributed by atoms with Crippen molar-refractivity contribution in [3.8, 4) is 0 Å². The molecule has 0 atom stereocenters. The van der Waals surface area contributed by atoms with Crippen molar-refractivity contribution in [2.45, 2.75) is 37.5 Å². The monoisotopic (exact) mass is 444 g/mol. The highest BCUT2D eigenvalue weighted by molar-refractivity contribution is 7.93. The number of hydrogen-bond donors (Lipinski definition) is 2. The van der Waals surface area contributed by atoms with Gasteiger partial charge in [-0.15, -0.1) is 0 Å². The van der Waals surface area contributed by atoms with E-state index in [1.54, 1.807) is 82.3 Å². The molecule has 3 rings (SSSR count). The van der Waals surface area contributed by atoms with E-state index in [9.17, 15) is 16.8 Å². The van der Waals surface area contributed by atoms with Crippen LogP contribution in [-0.2, 0) is 20.0 Å². The van der Waals surface area contributed by atoms with Gasteiger partial charge >= 0.3 is 0 Å². The van der Waals surface area contributed by atoms with Crippen molar-refractivity contribution < 1.29 is 16.8 Å². The van der Waals surface area contributed by atoms with Gasteiger partial charge in [0, 0.05) is 0 Å². The van der Waals surface area contributed by atoms with E-state index >= 15 is 0 Å². The first kappa shape index (κ1) is 21.9. The maximum Gasteiger partial charge on any atom is 0.262 e. The highest BCUT2D eigenvalue weighted by Crippen LogP contribution is 2.26. The maximum absolute atomic E-state index is 12.9. The first-order valence-corrected chi connectivity index (χ1v) is 12.3. The number of rotatable bonds is 6. The third kappa shape index (κ3) is 4.49. The first-order valence-electron chi connectivity index (χ1n) is 9.29. The third-order valence-corrected chi connectivity index (χ3v) is 8.09. The van der Waals surface area contributed by atoms with Crippen LogP contribution in [0.15, 0.2) is 70.5 Å². The molecule has 0 aliphatic heterocycles. The van der Waals surface area contributed by atoms with E-state index in [1.165, 1.54) is 6.07 Å². The Morgan fingerprint density at radius 3 is 1.17 bits per heavy atom. The zero-order chi connectivity index (χ0) is 22.1. The smallest absolute Gasteiger partial charge is 0.262 e. The molecule has 0 saturated carbocycles. The van der Waals surface area contributed by atoms with Crippen LogP contribution in [0.1, 0.15) is 22.3 Å². The Morgan fingerprint density at radius 1 is 0.533 bits per heavy atom. The minimum Gasteiger partial charge on any atom is -0.280 e. The number of anilines is 2. The van der Waals surface area contributed by atoms with Crippen molar-refractivity contribution in [2.24, 2.45) is 0 Å². The van der Waals surface area contributed by atoms with Crippen molar-refractivity contribution in [1.29, 1.82) is 0 Å². The molecule has 30 heavy (non-hydrogen) atoms. The molecule has 0 aliphatic rings. The molecule has 0 bridgehead atoms. The van der Waals surface area contributed by atoms with Crippen LogP contribution in [0.4, 0.5) is 11.4 Å². The predicted molar refractivity (Wildman–Crippen MR) is 120 cm³/mol. The first-order chi connectivity index (χ1) is 14.0. The minimum atomic E-state index is -3.83. The third-order valence-electron chi connectivity index (χ3n) is 4.72. The Hall–Kier alpha value is -2.84. The second-order valence-electron chi connectivity index (χ2n) is 7.23. The number of nitrogens with one attached hydrogen (secondary N) is 2. The standard InChI is InChI=1S/C22H24N2O4S2/c1-15-8-5-9-16(2)21(15)29(25,26)23-19-12-7-13-20(14-19)24-30(27,28)22-17(3)10-6-11-18(22)4/h5-14,23-24H,1-4H3. The largest absolute Gasteiger partial charge is 0.280 e. The van der Waals surface area contributed by atoms with E-state index in [-0.39, 0.29) is 21.2 Å². The zero-order valence-corrected chi connectivity index (χ0v) is 18.9. The number of hydrogen-bond acceptors (Lipinski definition) is 4. The van der Waals surface area contributed by atoms with Crippen molar-refractivity contribution in [1.82, 2.24) is 0 Å². The van der Waals surface area contributed by atoms with Gasteiger partial charge in [0.15, 0.2) is 0 Å². The lowest BCUT2D eigenvalue weighted by molar-refractivity contribution is 0.598. The van der Waals surface area contributed by atoms with Crippen molar-refractivity contribution in [3.05, 3.63) is 82.9 Å². The summed E-state index contributed by atoms with van der Waals surface area (Å²) in [5.74, 6) is 0. The van der Waals surface area contributed by atoms with Gasteiger partial charge in [0.1, 0.15) is 0 Å². The summed E-state index contributed by atoms with van der Waals surface area (Å²) in [5, 5.41) is 0. The molecule has 0 radical (unpaired) electrons. The molecule has 8 heteroatoms. The highest BCUT2D eigenvalue weighted by Gasteiger charge is 2.21. The Bertz CT molecular complexity index is 1180. The normalized spacial score (nSPS) is 11.9. The van der Waals surface area contributed by atoms with Gasteiger partial charge < -0.3 is 0 Å². The topological polar surface area (TPSA) is 92.3 Å². The van der Waals surface area contributed by atoms with Gasteiger partial charge in [-0.2, -0.15) is 0 Å². The van der Waals surface area contributed by atoms with Crippen LogP contribution >= 0.6 is 0 Å². The van der Waals surface area contributed by atoms with Crippen LogP contribution in [-0.4, -0.2) is 16.8 Å². The molecule has 0 heterocycles. The lowest BCUT2D eigenvalue weighted by Crippen LogP contribution is -2.17.